The van der Waals surface area contributed by atoms with Crippen molar-refractivity contribution in [2.24, 2.45) is 13.0 Å². The minimum Gasteiger partial charge on any atom is -0.497 e. The second kappa shape index (κ2) is 8.88. The number of fused-ring (bicyclic) bond motifs is 1. The summed E-state index contributed by atoms with van der Waals surface area (Å²) >= 11 is 0. The van der Waals surface area contributed by atoms with Gasteiger partial charge in [0, 0.05) is 31.6 Å². The molecule has 1 atom stereocenters. The number of benzene rings is 2. The average molecular weight is 423 g/mol. The van der Waals surface area contributed by atoms with Crippen molar-refractivity contribution in [3.05, 3.63) is 48.0 Å². The van der Waals surface area contributed by atoms with Crippen LogP contribution in [0.3, 0.4) is 0 Å². The number of methoxy groups -OCH3 is 2. The first-order valence-electron chi connectivity index (χ1n) is 10.7. The number of piperidine rings is 1. The summed E-state index contributed by atoms with van der Waals surface area (Å²) in [5, 5.41) is 3.17. The Kier molecular flexibility index (Phi) is 6.02. The molecule has 0 radical (unpaired) electrons. The van der Waals surface area contributed by atoms with Crippen molar-refractivity contribution in [1.29, 1.82) is 0 Å². The van der Waals surface area contributed by atoms with Gasteiger partial charge >= 0.3 is 0 Å². The number of para-hydroxylation sites is 2. The average Bonchev–Trinajstić information content (AvgIpc) is 3.15. The molecule has 31 heavy (non-hydrogen) atoms. The number of aromatic nitrogens is 2. The van der Waals surface area contributed by atoms with Gasteiger partial charge in [0.2, 0.25) is 11.9 Å². The van der Waals surface area contributed by atoms with Crippen molar-refractivity contribution < 1.29 is 14.3 Å². The Hall–Kier alpha value is -3.22. The van der Waals surface area contributed by atoms with Gasteiger partial charge in [-0.3, -0.25) is 4.79 Å². The number of aryl methyl sites for hydroxylation is 1. The van der Waals surface area contributed by atoms with Gasteiger partial charge in [0.1, 0.15) is 11.5 Å². The fourth-order valence-electron chi connectivity index (χ4n) is 4.34. The maximum atomic E-state index is 13.0. The van der Waals surface area contributed by atoms with Gasteiger partial charge in [-0.15, -0.1) is 0 Å². The van der Waals surface area contributed by atoms with E-state index in [1.165, 1.54) is 0 Å². The Morgan fingerprint density at radius 3 is 2.55 bits per heavy atom. The molecule has 4 rings (SSSR count). The highest BCUT2D eigenvalue weighted by molar-refractivity contribution is 5.80. The Morgan fingerprint density at radius 1 is 1.13 bits per heavy atom. The molecule has 7 nitrogen and oxygen atoms in total. The zero-order chi connectivity index (χ0) is 22.0. The number of amides is 1. The number of carbonyl (C=O) groups is 1. The summed E-state index contributed by atoms with van der Waals surface area (Å²) in [7, 11) is 5.32. The zero-order valence-corrected chi connectivity index (χ0v) is 18.6. The summed E-state index contributed by atoms with van der Waals surface area (Å²) in [6.45, 7) is 3.60. The van der Waals surface area contributed by atoms with Crippen LogP contribution in [0.25, 0.3) is 11.0 Å². The van der Waals surface area contributed by atoms with E-state index in [-0.39, 0.29) is 17.9 Å². The molecule has 1 fully saturated rings. The van der Waals surface area contributed by atoms with E-state index in [2.05, 4.69) is 20.9 Å². The molecule has 0 bridgehead atoms. The van der Waals surface area contributed by atoms with Gasteiger partial charge in [-0.05, 0) is 50.1 Å². The number of imidazole rings is 1. The molecule has 0 spiro atoms. The number of hydrogen-bond acceptors (Lipinski definition) is 5. The molecule has 1 aromatic heterocycles. The SMILES string of the molecule is COc1ccc(OC)c(C(C)NC(=O)C2CCN(c3nc4ccccc4n3C)CC2)c1. The third kappa shape index (κ3) is 4.17. The highest BCUT2D eigenvalue weighted by Gasteiger charge is 2.28. The van der Waals surface area contributed by atoms with E-state index in [0.717, 1.165) is 60.0 Å². The summed E-state index contributed by atoms with van der Waals surface area (Å²) in [6.07, 6.45) is 1.61. The van der Waals surface area contributed by atoms with E-state index < -0.39 is 0 Å². The largest absolute Gasteiger partial charge is 0.497 e. The van der Waals surface area contributed by atoms with Gasteiger partial charge in [0.05, 0.1) is 31.3 Å². The summed E-state index contributed by atoms with van der Waals surface area (Å²) < 4.78 is 12.9. The normalized spacial score (nSPS) is 15.7. The van der Waals surface area contributed by atoms with Crippen LogP contribution in [-0.2, 0) is 11.8 Å². The van der Waals surface area contributed by atoms with Crippen LogP contribution >= 0.6 is 0 Å². The Balaban J connectivity index is 1.40. The number of nitrogens with zero attached hydrogens (tertiary/aromatic N) is 3. The van der Waals surface area contributed by atoms with Crippen molar-refractivity contribution in [3.8, 4) is 11.5 Å². The number of ether oxygens (including phenoxy) is 2. The molecule has 7 heteroatoms. The monoisotopic (exact) mass is 422 g/mol. The quantitative estimate of drug-likeness (QED) is 0.656. The molecule has 164 valence electrons. The van der Waals surface area contributed by atoms with Gasteiger partial charge < -0.3 is 24.3 Å². The fourth-order valence-corrected chi connectivity index (χ4v) is 4.34. The molecule has 3 aromatic rings. The van der Waals surface area contributed by atoms with E-state index in [0.29, 0.717) is 0 Å². The van der Waals surface area contributed by atoms with E-state index in [4.69, 9.17) is 14.5 Å². The zero-order valence-electron chi connectivity index (χ0n) is 18.6. The van der Waals surface area contributed by atoms with Crippen molar-refractivity contribution in [2.75, 3.05) is 32.2 Å². The first-order chi connectivity index (χ1) is 15.0. The summed E-state index contributed by atoms with van der Waals surface area (Å²) in [6, 6.07) is 13.6. The van der Waals surface area contributed by atoms with Crippen LogP contribution in [0.15, 0.2) is 42.5 Å². The van der Waals surface area contributed by atoms with Gasteiger partial charge in [-0.1, -0.05) is 12.1 Å². The van der Waals surface area contributed by atoms with Crippen LogP contribution in [0.1, 0.15) is 31.4 Å². The highest BCUT2D eigenvalue weighted by Crippen LogP contribution is 2.30. The van der Waals surface area contributed by atoms with Crippen LogP contribution in [0.4, 0.5) is 5.95 Å². The number of nitrogens with one attached hydrogen (secondary N) is 1. The Morgan fingerprint density at radius 2 is 1.87 bits per heavy atom. The van der Waals surface area contributed by atoms with Gasteiger partial charge in [0.15, 0.2) is 0 Å². The Bertz CT molecular complexity index is 1070. The molecule has 2 aromatic carbocycles. The third-order valence-corrected chi connectivity index (χ3v) is 6.17. The van der Waals surface area contributed by atoms with Gasteiger partial charge in [-0.25, -0.2) is 4.98 Å². The van der Waals surface area contributed by atoms with Gasteiger partial charge in [-0.2, -0.15) is 0 Å². The van der Waals surface area contributed by atoms with Crippen LogP contribution in [0, 0.1) is 5.92 Å². The van der Waals surface area contributed by atoms with E-state index >= 15 is 0 Å². The molecule has 2 heterocycles. The van der Waals surface area contributed by atoms with E-state index in [1.54, 1.807) is 14.2 Å². The summed E-state index contributed by atoms with van der Waals surface area (Å²) in [5.74, 6) is 2.53. The fraction of sp³-hybridized carbons (Fsp3) is 0.417. The second-order valence-electron chi connectivity index (χ2n) is 8.06. The molecular weight excluding hydrogens is 392 g/mol. The van der Waals surface area contributed by atoms with Crippen LogP contribution < -0.4 is 19.7 Å². The summed E-state index contributed by atoms with van der Waals surface area (Å²) in [4.78, 5) is 20.0. The molecule has 1 aliphatic rings. The van der Waals surface area contributed by atoms with Crippen molar-refractivity contribution in [1.82, 2.24) is 14.9 Å². The molecular formula is C24H30N4O3. The first-order valence-corrected chi connectivity index (χ1v) is 10.7. The maximum Gasteiger partial charge on any atom is 0.223 e. The van der Waals surface area contributed by atoms with Crippen molar-refractivity contribution >= 4 is 22.9 Å². The lowest BCUT2D eigenvalue weighted by atomic mass is 9.95. The first kappa shape index (κ1) is 21.0. The van der Waals surface area contributed by atoms with Crippen LogP contribution in [0.5, 0.6) is 11.5 Å². The topological polar surface area (TPSA) is 68.6 Å². The molecule has 1 amide bonds. The molecule has 1 N–H and O–H groups in total. The lowest BCUT2D eigenvalue weighted by molar-refractivity contribution is -0.126. The minimum atomic E-state index is -0.171. The highest BCUT2D eigenvalue weighted by atomic mass is 16.5. The molecule has 1 aliphatic heterocycles. The lowest BCUT2D eigenvalue weighted by Gasteiger charge is -2.32. The van der Waals surface area contributed by atoms with Crippen molar-refractivity contribution in [2.45, 2.75) is 25.8 Å². The van der Waals surface area contributed by atoms with Crippen LogP contribution in [0.2, 0.25) is 0 Å². The lowest BCUT2D eigenvalue weighted by Crippen LogP contribution is -2.42. The smallest absolute Gasteiger partial charge is 0.223 e. The van der Waals surface area contributed by atoms with E-state index in [1.807, 2.05) is 50.4 Å². The number of anilines is 1. The standard InChI is InChI=1S/C24H30N4O3/c1-16(19-15-18(30-3)9-10-22(19)31-4)25-23(29)17-11-13-28(14-12-17)24-26-20-7-5-6-8-21(20)27(24)2/h5-10,15-17H,11-14H2,1-4H3,(H,25,29). The van der Waals surface area contributed by atoms with Crippen LogP contribution in [-0.4, -0.2) is 42.8 Å². The maximum absolute atomic E-state index is 13.0. The number of rotatable bonds is 6. The second-order valence-corrected chi connectivity index (χ2v) is 8.06. The molecule has 1 unspecified atom stereocenters. The predicted octanol–water partition coefficient (Wildman–Crippen LogP) is 3.68. The molecule has 0 saturated carbocycles. The Labute approximate surface area is 183 Å². The van der Waals surface area contributed by atoms with E-state index in [9.17, 15) is 4.79 Å². The number of carbonyl (C=O) groups excluding carboxylic acids is 1. The van der Waals surface area contributed by atoms with Crippen molar-refractivity contribution in [3.63, 3.8) is 0 Å². The third-order valence-electron chi connectivity index (χ3n) is 6.17. The molecule has 1 saturated heterocycles. The minimum absolute atomic E-state index is 0.00927. The number of hydrogen-bond donors (Lipinski definition) is 1. The molecule has 0 aliphatic carbocycles. The predicted molar refractivity (Wildman–Crippen MR) is 122 cm³/mol. The van der Waals surface area contributed by atoms with Gasteiger partial charge in [0.25, 0.3) is 0 Å². The summed E-state index contributed by atoms with van der Waals surface area (Å²) in [5.41, 5.74) is 3.03.